The molecule has 6 heteroatoms. The third-order valence-corrected chi connectivity index (χ3v) is 8.58. The van der Waals surface area contributed by atoms with Crippen LogP contribution < -0.4 is 0 Å². The van der Waals surface area contributed by atoms with Gasteiger partial charge in [0.25, 0.3) is 0 Å². The van der Waals surface area contributed by atoms with Crippen LogP contribution in [-0.2, 0) is 30.4 Å². The van der Waals surface area contributed by atoms with Crippen LogP contribution >= 0.6 is 11.6 Å². The van der Waals surface area contributed by atoms with Crippen molar-refractivity contribution in [3.63, 3.8) is 0 Å². The maximum Gasteiger partial charge on any atom is 0.163 e. The monoisotopic (exact) mass is 558 g/mol. The summed E-state index contributed by atoms with van der Waals surface area (Å²) in [6, 6.07) is 37.0. The summed E-state index contributed by atoms with van der Waals surface area (Å²) >= 11 is 6.84. The lowest BCUT2D eigenvalue weighted by molar-refractivity contribution is -0.351. The summed E-state index contributed by atoms with van der Waals surface area (Å²) in [6.45, 7) is 0. The summed E-state index contributed by atoms with van der Waals surface area (Å²) < 4.78 is 6.18. The number of aliphatic hydroxyl groups is 4. The molecular formula is C34H35ClO5. The van der Waals surface area contributed by atoms with Gasteiger partial charge in [0.15, 0.2) is 5.56 Å². The molecule has 1 unspecified atom stereocenters. The van der Waals surface area contributed by atoms with E-state index < -0.39 is 34.6 Å². The van der Waals surface area contributed by atoms with E-state index in [0.29, 0.717) is 11.1 Å². The first-order valence-corrected chi connectivity index (χ1v) is 14.0. The van der Waals surface area contributed by atoms with Crippen LogP contribution in [0.3, 0.4) is 0 Å². The number of alkyl halides is 1. The Balaban J connectivity index is 1.66. The van der Waals surface area contributed by atoms with Gasteiger partial charge < -0.3 is 25.2 Å². The molecule has 1 aliphatic rings. The van der Waals surface area contributed by atoms with Crippen LogP contribution in [0.25, 0.3) is 0 Å². The third kappa shape index (κ3) is 5.46. The van der Waals surface area contributed by atoms with Crippen molar-refractivity contribution in [3.8, 4) is 0 Å². The molecule has 1 fully saturated rings. The number of aliphatic hydroxyl groups excluding tert-OH is 1. The summed E-state index contributed by atoms with van der Waals surface area (Å²) in [4.78, 5) is 0. The minimum absolute atomic E-state index is 0.0794. The quantitative estimate of drug-likeness (QED) is 0.228. The highest BCUT2D eigenvalue weighted by molar-refractivity contribution is 6.20. The van der Waals surface area contributed by atoms with Crippen molar-refractivity contribution in [3.05, 3.63) is 144 Å². The fourth-order valence-electron chi connectivity index (χ4n) is 6.01. The van der Waals surface area contributed by atoms with E-state index in [1.165, 1.54) is 0 Å². The normalized spacial score (nSPS) is 29.1. The topological polar surface area (TPSA) is 90.2 Å². The van der Waals surface area contributed by atoms with Crippen molar-refractivity contribution in [2.45, 2.75) is 60.3 Å². The lowest BCUT2D eigenvalue weighted by Crippen LogP contribution is -2.82. The van der Waals surface area contributed by atoms with Gasteiger partial charge in [-0.25, -0.2) is 0 Å². The van der Waals surface area contributed by atoms with Crippen LogP contribution in [0.1, 0.15) is 22.3 Å². The minimum Gasteiger partial charge on any atom is -0.390 e. The van der Waals surface area contributed by atoms with Crippen LogP contribution in [-0.4, -0.2) is 55.0 Å². The molecule has 0 radical (unpaired) electrons. The molecule has 40 heavy (non-hydrogen) atoms. The first kappa shape index (κ1) is 28.5. The zero-order valence-corrected chi connectivity index (χ0v) is 22.9. The fourth-order valence-corrected chi connectivity index (χ4v) is 6.38. The van der Waals surface area contributed by atoms with Crippen LogP contribution in [0.4, 0.5) is 0 Å². The Hall–Kier alpha value is -3.03. The summed E-state index contributed by atoms with van der Waals surface area (Å²) in [6.07, 6.45) is -2.69. The zero-order valence-electron chi connectivity index (χ0n) is 22.2. The van der Waals surface area contributed by atoms with Crippen LogP contribution in [0.2, 0.25) is 0 Å². The Morgan fingerprint density at radius 1 is 0.575 bits per heavy atom. The Morgan fingerprint density at radius 2 is 0.950 bits per heavy atom. The van der Waals surface area contributed by atoms with Crippen molar-refractivity contribution in [1.29, 1.82) is 0 Å². The zero-order chi connectivity index (χ0) is 28.2. The number of ether oxygens (including phenoxy) is 1. The average Bonchev–Trinajstić information content (AvgIpc) is 2.97. The van der Waals surface area contributed by atoms with Crippen LogP contribution in [0.5, 0.6) is 0 Å². The van der Waals surface area contributed by atoms with Gasteiger partial charge >= 0.3 is 0 Å². The van der Waals surface area contributed by atoms with Crippen molar-refractivity contribution in [2.75, 3.05) is 0 Å². The van der Waals surface area contributed by atoms with Crippen molar-refractivity contribution in [2.24, 2.45) is 0 Å². The molecule has 4 aromatic carbocycles. The lowest BCUT2D eigenvalue weighted by Gasteiger charge is -2.61. The lowest BCUT2D eigenvalue weighted by atomic mass is 9.59. The molecular weight excluding hydrogens is 524 g/mol. The fraction of sp³-hybridized carbons (Fsp3) is 0.294. The molecule has 5 rings (SSSR count). The SMILES string of the molecule is OC(Cc1ccccc1)[C@H]1O[C@H](Cl)[C@@](O)(Cc2ccccc2)[C@](O)(Cc2ccccc2)[C@@]1(O)Cc1ccccc1. The van der Waals surface area contributed by atoms with E-state index in [0.717, 1.165) is 11.1 Å². The molecule has 208 valence electrons. The van der Waals surface area contributed by atoms with Gasteiger partial charge in [0, 0.05) is 25.7 Å². The molecule has 1 heterocycles. The molecule has 0 amide bonds. The Kier molecular flexibility index (Phi) is 8.43. The van der Waals surface area contributed by atoms with E-state index in [4.69, 9.17) is 16.3 Å². The van der Waals surface area contributed by atoms with Gasteiger partial charge in [0.05, 0.1) is 6.10 Å². The minimum atomic E-state index is -2.24. The maximum atomic E-state index is 12.9. The largest absolute Gasteiger partial charge is 0.390 e. The second-order valence-corrected chi connectivity index (χ2v) is 11.2. The van der Waals surface area contributed by atoms with Crippen molar-refractivity contribution in [1.82, 2.24) is 0 Å². The van der Waals surface area contributed by atoms with Crippen LogP contribution in [0.15, 0.2) is 121 Å². The molecule has 0 spiro atoms. The highest BCUT2D eigenvalue weighted by Crippen LogP contribution is 2.51. The summed E-state index contributed by atoms with van der Waals surface area (Å²) in [5.41, 5.74) is -4.98. The molecule has 4 aromatic rings. The van der Waals surface area contributed by atoms with E-state index in [2.05, 4.69) is 0 Å². The standard InChI is InChI=1S/C34H35ClO5/c35-31-33(38,23-27-17-9-3-10-18-27)34(39,24-28-19-11-4-12-20-28)32(37,22-26-15-7-2-8-16-26)30(40-31)29(36)21-25-13-5-1-6-14-25/h1-20,29-31,36-39H,21-24H2/t29?,30-,31+,32-,33+,34+/m1/s1. The van der Waals surface area contributed by atoms with Gasteiger partial charge in [0.1, 0.15) is 22.9 Å². The number of benzene rings is 4. The molecule has 0 bridgehead atoms. The highest BCUT2D eigenvalue weighted by Gasteiger charge is 2.72. The molecule has 4 N–H and O–H groups in total. The molecule has 5 nitrogen and oxygen atoms in total. The van der Waals surface area contributed by atoms with E-state index >= 15 is 0 Å². The van der Waals surface area contributed by atoms with Crippen LogP contribution in [0, 0.1) is 0 Å². The Bertz CT molecular complexity index is 1360. The molecule has 0 saturated carbocycles. The summed E-state index contributed by atoms with van der Waals surface area (Å²) in [5, 5.41) is 49.7. The van der Waals surface area contributed by atoms with Gasteiger partial charge in [-0.2, -0.15) is 0 Å². The van der Waals surface area contributed by atoms with Crippen molar-refractivity contribution < 1.29 is 25.2 Å². The van der Waals surface area contributed by atoms with E-state index in [-0.39, 0.29) is 25.7 Å². The summed E-state index contributed by atoms with van der Waals surface area (Å²) in [5.74, 6) is 0. The molecule has 6 atom stereocenters. The smallest absolute Gasteiger partial charge is 0.163 e. The van der Waals surface area contributed by atoms with E-state index in [9.17, 15) is 20.4 Å². The maximum absolute atomic E-state index is 12.9. The summed E-state index contributed by atoms with van der Waals surface area (Å²) in [7, 11) is 0. The Morgan fingerprint density at radius 3 is 1.40 bits per heavy atom. The van der Waals surface area contributed by atoms with Gasteiger partial charge in [-0.3, -0.25) is 0 Å². The number of hydrogen-bond donors (Lipinski definition) is 4. The molecule has 0 aliphatic carbocycles. The first-order valence-electron chi connectivity index (χ1n) is 13.6. The number of halogens is 1. The number of rotatable bonds is 9. The second kappa shape index (κ2) is 11.8. The number of hydrogen-bond acceptors (Lipinski definition) is 5. The van der Waals surface area contributed by atoms with Gasteiger partial charge in [0.2, 0.25) is 0 Å². The van der Waals surface area contributed by atoms with Gasteiger partial charge in [-0.1, -0.05) is 133 Å². The van der Waals surface area contributed by atoms with Crippen molar-refractivity contribution >= 4 is 11.6 Å². The molecule has 1 aliphatic heterocycles. The van der Waals surface area contributed by atoms with E-state index in [1.807, 2.05) is 121 Å². The van der Waals surface area contributed by atoms with E-state index in [1.54, 1.807) is 0 Å². The average molecular weight is 559 g/mol. The molecule has 0 aromatic heterocycles. The third-order valence-electron chi connectivity index (χ3n) is 8.12. The predicted molar refractivity (Wildman–Crippen MR) is 156 cm³/mol. The predicted octanol–water partition coefficient (Wildman–Crippen LogP) is 4.48. The van der Waals surface area contributed by atoms with Gasteiger partial charge in [-0.15, -0.1) is 0 Å². The molecule has 1 saturated heterocycles. The highest BCUT2D eigenvalue weighted by atomic mass is 35.5. The Labute approximate surface area is 240 Å². The first-order chi connectivity index (χ1) is 19.2. The van der Waals surface area contributed by atoms with Gasteiger partial charge in [-0.05, 0) is 22.3 Å². The second-order valence-electron chi connectivity index (χ2n) is 10.8.